The Labute approximate surface area is 181 Å². The van der Waals surface area contributed by atoms with E-state index in [1.807, 2.05) is 52.0 Å². The number of nitrogens with one attached hydrogen (secondary N) is 2. The molecule has 7 heteroatoms. The molecule has 1 aliphatic heterocycles. The second-order valence-corrected chi connectivity index (χ2v) is 9.83. The number of benzene rings is 2. The van der Waals surface area contributed by atoms with Gasteiger partial charge >= 0.3 is 0 Å². The maximum Gasteiger partial charge on any atom is 0.237 e. The predicted molar refractivity (Wildman–Crippen MR) is 121 cm³/mol. The molecule has 0 bridgehead atoms. The molecule has 2 aromatic carbocycles. The van der Waals surface area contributed by atoms with E-state index in [1.54, 1.807) is 18.2 Å². The van der Waals surface area contributed by atoms with Crippen molar-refractivity contribution < 1.29 is 19.1 Å². The van der Waals surface area contributed by atoms with Gasteiger partial charge in [0.1, 0.15) is 13.2 Å². The average molecular weight is 429 g/mol. The Morgan fingerprint density at radius 1 is 0.967 bits per heavy atom. The Hall–Kier alpha value is -2.67. The summed E-state index contributed by atoms with van der Waals surface area (Å²) in [6.07, 6.45) is 0.459. The zero-order chi connectivity index (χ0) is 21.7. The lowest BCUT2D eigenvalue weighted by Gasteiger charge is -2.19. The van der Waals surface area contributed by atoms with Crippen molar-refractivity contribution in [3.8, 4) is 11.5 Å². The Bertz CT molecular complexity index is 906. The molecule has 160 valence electrons. The van der Waals surface area contributed by atoms with Crippen molar-refractivity contribution in [2.24, 2.45) is 5.41 Å². The van der Waals surface area contributed by atoms with E-state index in [1.165, 1.54) is 11.8 Å². The number of hydrogen-bond donors (Lipinski definition) is 2. The molecule has 0 spiro atoms. The lowest BCUT2D eigenvalue weighted by Crippen LogP contribution is -2.22. The molecule has 0 saturated heterocycles. The molecule has 1 atom stereocenters. The number of anilines is 2. The fourth-order valence-electron chi connectivity index (χ4n) is 2.93. The molecule has 0 radical (unpaired) electrons. The van der Waals surface area contributed by atoms with Crippen LogP contribution in [0, 0.1) is 5.41 Å². The Balaban J connectivity index is 1.53. The van der Waals surface area contributed by atoms with Crippen molar-refractivity contribution in [1.82, 2.24) is 0 Å². The van der Waals surface area contributed by atoms with Gasteiger partial charge in [-0.25, -0.2) is 0 Å². The summed E-state index contributed by atoms with van der Waals surface area (Å²) in [7, 11) is 0. The number of fused-ring (bicyclic) bond motifs is 1. The number of carbonyl (C=O) groups excluding carboxylic acids is 2. The summed E-state index contributed by atoms with van der Waals surface area (Å²) in [4.78, 5) is 25.6. The molecule has 2 amide bonds. The van der Waals surface area contributed by atoms with Crippen LogP contribution in [0.3, 0.4) is 0 Å². The first-order chi connectivity index (χ1) is 14.2. The summed E-state index contributed by atoms with van der Waals surface area (Å²) in [5.74, 6) is 1.23. The van der Waals surface area contributed by atoms with Gasteiger partial charge in [-0.3, -0.25) is 9.59 Å². The second-order valence-electron chi connectivity index (χ2n) is 8.42. The van der Waals surface area contributed by atoms with Crippen LogP contribution in [0.2, 0.25) is 0 Å². The molecular formula is C23H28N2O4S. The first-order valence-corrected chi connectivity index (χ1v) is 10.8. The quantitative estimate of drug-likeness (QED) is 0.637. The molecule has 0 saturated carbocycles. The van der Waals surface area contributed by atoms with Crippen LogP contribution in [0.15, 0.2) is 47.4 Å². The highest BCUT2D eigenvalue weighted by molar-refractivity contribution is 8.00. The van der Waals surface area contributed by atoms with Crippen molar-refractivity contribution >= 4 is 35.0 Å². The number of ether oxygens (including phenoxy) is 2. The van der Waals surface area contributed by atoms with E-state index in [9.17, 15) is 9.59 Å². The monoisotopic (exact) mass is 428 g/mol. The predicted octanol–water partition coefficient (Wildman–Crippen LogP) is 4.95. The van der Waals surface area contributed by atoms with Crippen LogP contribution in [0.4, 0.5) is 11.4 Å². The second kappa shape index (κ2) is 9.43. The molecule has 1 aliphatic rings. The summed E-state index contributed by atoms with van der Waals surface area (Å²) >= 11 is 1.46. The zero-order valence-electron chi connectivity index (χ0n) is 17.8. The van der Waals surface area contributed by atoms with Crippen molar-refractivity contribution in [1.29, 1.82) is 0 Å². The number of hydrogen-bond acceptors (Lipinski definition) is 5. The molecular weight excluding hydrogens is 400 g/mol. The molecule has 0 aromatic heterocycles. The molecule has 0 aliphatic carbocycles. The van der Waals surface area contributed by atoms with Gasteiger partial charge in [0.25, 0.3) is 0 Å². The molecule has 0 fully saturated rings. The van der Waals surface area contributed by atoms with Crippen LogP contribution in [0.1, 0.15) is 34.1 Å². The van der Waals surface area contributed by atoms with E-state index >= 15 is 0 Å². The maximum atomic E-state index is 12.6. The van der Waals surface area contributed by atoms with Gasteiger partial charge in [-0.2, -0.15) is 0 Å². The third-order valence-electron chi connectivity index (χ3n) is 4.32. The number of thioether (sulfide) groups is 1. The van der Waals surface area contributed by atoms with Crippen LogP contribution >= 0.6 is 11.8 Å². The van der Waals surface area contributed by atoms with Crippen LogP contribution in [0.25, 0.3) is 0 Å². The van der Waals surface area contributed by atoms with Crippen molar-refractivity contribution in [3.63, 3.8) is 0 Å². The molecule has 30 heavy (non-hydrogen) atoms. The van der Waals surface area contributed by atoms with Gasteiger partial charge in [0, 0.05) is 28.8 Å². The fourth-order valence-corrected chi connectivity index (χ4v) is 3.79. The van der Waals surface area contributed by atoms with Crippen molar-refractivity contribution in [2.75, 3.05) is 23.8 Å². The first-order valence-electron chi connectivity index (χ1n) is 9.97. The smallest absolute Gasteiger partial charge is 0.237 e. The largest absolute Gasteiger partial charge is 0.486 e. The summed E-state index contributed by atoms with van der Waals surface area (Å²) in [5, 5.41) is 5.54. The minimum absolute atomic E-state index is 0.00456. The highest BCUT2D eigenvalue weighted by Gasteiger charge is 2.18. The highest BCUT2D eigenvalue weighted by atomic mass is 32.2. The third-order valence-corrected chi connectivity index (χ3v) is 5.43. The topological polar surface area (TPSA) is 76.7 Å². The lowest BCUT2D eigenvalue weighted by atomic mass is 9.92. The summed E-state index contributed by atoms with van der Waals surface area (Å²) in [6, 6.07) is 12.9. The van der Waals surface area contributed by atoms with Gasteiger partial charge in [0.2, 0.25) is 11.8 Å². The Morgan fingerprint density at radius 3 is 2.27 bits per heavy atom. The molecule has 1 heterocycles. The van der Waals surface area contributed by atoms with Crippen LogP contribution in [-0.2, 0) is 9.59 Å². The van der Waals surface area contributed by atoms with E-state index < -0.39 is 0 Å². The van der Waals surface area contributed by atoms with Gasteiger partial charge in [-0.15, -0.1) is 11.8 Å². The van der Waals surface area contributed by atoms with Crippen LogP contribution in [-0.4, -0.2) is 30.3 Å². The third kappa shape index (κ3) is 6.42. The fraction of sp³-hybridized carbons (Fsp3) is 0.391. The van der Waals surface area contributed by atoms with Gasteiger partial charge < -0.3 is 20.1 Å². The SMILES string of the molecule is CC(Sc1ccc(NC(=O)CC(C)(C)C)cc1)C(=O)Nc1ccc2c(c1)OCCO2. The van der Waals surface area contributed by atoms with Gasteiger partial charge in [-0.05, 0) is 48.7 Å². The minimum Gasteiger partial charge on any atom is -0.486 e. The summed E-state index contributed by atoms with van der Waals surface area (Å²) in [5.41, 5.74) is 1.37. The summed E-state index contributed by atoms with van der Waals surface area (Å²) in [6.45, 7) is 8.99. The zero-order valence-corrected chi connectivity index (χ0v) is 18.6. The molecule has 3 rings (SSSR count). The minimum atomic E-state index is -0.292. The van der Waals surface area contributed by atoms with Gasteiger partial charge in [-0.1, -0.05) is 20.8 Å². The standard InChI is InChI=1S/C23H28N2O4S/c1-15(22(27)25-17-7-10-19-20(13-17)29-12-11-28-19)30-18-8-5-16(6-9-18)24-21(26)14-23(2,3)4/h5-10,13,15H,11-12,14H2,1-4H3,(H,24,26)(H,25,27). The first kappa shape index (κ1) is 22.0. The van der Waals surface area contributed by atoms with Crippen LogP contribution in [0.5, 0.6) is 11.5 Å². The van der Waals surface area contributed by atoms with Gasteiger partial charge in [0.05, 0.1) is 5.25 Å². The molecule has 6 nitrogen and oxygen atoms in total. The van der Waals surface area contributed by atoms with E-state index in [-0.39, 0.29) is 22.5 Å². The Morgan fingerprint density at radius 2 is 1.60 bits per heavy atom. The number of amides is 2. The van der Waals surface area contributed by atoms with E-state index in [4.69, 9.17) is 9.47 Å². The highest BCUT2D eigenvalue weighted by Crippen LogP contribution is 2.33. The lowest BCUT2D eigenvalue weighted by molar-refractivity contribution is -0.118. The van der Waals surface area contributed by atoms with E-state index in [0.29, 0.717) is 36.8 Å². The van der Waals surface area contributed by atoms with Crippen LogP contribution < -0.4 is 20.1 Å². The van der Waals surface area contributed by atoms with Crippen molar-refractivity contribution in [3.05, 3.63) is 42.5 Å². The Kier molecular flexibility index (Phi) is 6.92. The molecule has 1 unspecified atom stereocenters. The average Bonchev–Trinajstić information content (AvgIpc) is 2.68. The van der Waals surface area contributed by atoms with E-state index in [0.717, 1.165) is 10.6 Å². The van der Waals surface area contributed by atoms with E-state index in [2.05, 4.69) is 10.6 Å². The number of rotatable bonds is 6. The molecule has 2 N–H and O–H groups in total. The normalized spacial score (nSPS) is 14.0. The van der Waals surface area contributed by atoms with Gasteiger partial charge in [0.15, 0.2) is 11.5 Å². The summed E-state index contributed by atoms with van der Waals surface area (Å²) < 4.78 is 11.1. The van der Waals surface area contributed by atoms with Crippen molar-refractivity contribution in [2.45, 2.75) is 44.3 Å². The molecule has 2 aromatic rings. The maximum absolute atomic E-state index is 12.6. The number of carbonyl (C=O) groups is 2.